The van der Waals surface area contributed by atoms with E-state index in [1.807, 2.05) is 36.4 Å². The van der Waals surface area contributed by atoms with Crippen molar-refractivity contribution in [2.45, 2.75) is 46.1 Å². The maximum atomic E-state index is 11.8. The number of methoxy groups -OCH3 is 1. The molecule has 2 aromatic carbocycles. The third-order valence-electron chi connectivity index (χ3n) is 5.27. The fourth-order valence-electron chi connectivity index (χ4n) is 3.82. The van der Waals surface area contributed by atoms with E-state index in [0.717, 1.165) is 17.7 Å². The quantitative estimate of drug-likeness (QED) is 0.442. The summed E-state index contributed by atoms with van der Waals surface area (Å²) in [7, 11) is 1.39. The van der Waals surface area contributed by atoms with Gasteiger partial charge in [-0.05, 0) is 53.3 Å². The molecule has 5 nitrogen and oxygen atoms in total. The van der Waals surface area contributed by atoms with Gasteiger partial charge in [-0.1, -0.05) is 52.0 Å². The van der Waals surface area contributed by atoms with Gasteiger partial charge in [0.1, 0.15) is 5.75 Å². The van der Waals surface area contributed by atoms with Crippen molar-refractivity contribution < 1.29 is 14.3 Å². The lowest BCUT2D eigenvalue weighted by molar-refractivity contribution is 0.0600. The van der Waals surface area contributed by atoms with Crippen molar-refractivity contribution >= 4 is 5.97 Å². The van der Waals surface area contributed by atoms with Gasteiger partial charge in [0.25, 0.3) is 0 Å². The minimum Gasteiger partial charge on any atom is -0.482 e. The van der Waals surface area contributed by atoms with Gasteiger partial charge < -0.3 is 9.47 Å². The molecule has 0 saturated heterocycles. The van der Waals surface area contributed by atoms with Crippen molar-refractivity contribution in [2.75, 3.05) is 7.11 Å². The third kappa shape index (κ3) is 5.48. The van der Waals surface area contributed by atoms with Gasteiger partial charge in [-0.3, -0.25) is 0 Å². The van der Waals surface area contributed by atoms with Crippen molar-refractivity contribution in [2.24, 2.45) is 5.41 Å². The number of hydrogen-bond donors (Lipinski definition) is 0. The van der Waals surface area contributed by atoms with E-state index in [-0.39, 0.29) is 23.4 Å². The molecule has 162 valence electrons. The van der Waals surface area contributed by atoms with Crippen LogP contribution in [0.3, 0.4) is 0 Å². The molecule has 0 fully saturated rings. The lowest BCUT2D eigenvalue weighted by atomic mass is 9.72. The molecule has 3 rings (SSSR count). The third-order valence-corrected chi connectivity index (χ3v) is 5.27. The van der Waals surface area contributed by atoms with Crippen LogP contribution in [0.15, 0.2) is 67.0 Å². The Balaban J connectivity index is 1.84. The number of rotatable bonds is 7. The van der Waals surface area contributed by atoms with Crippen LogP contribution in [0.2, 0.25) is 0 Å². The van der Waals surface area contributed by atoms with Gasteiger partial charge in [0.05, 0.1) is 12.7 Å². The van der Waals surface area contributed by atoms with Gasteiger partial charge in [-0.15, -0.1) is 0 Å². The molecule has 3 aromatic rings. The van der Waals surface area contributed by atoms with Gasteiger partial charge in [0.15, 0.2) is 11.9 Å². The normalized spacial score (nSPS) is 13.3. The summed E-state index contributed by atoms with van der Waals surface area (Å²) in [6, 6.07) is 17.7. The Bertz CT molecular complexity index is 978. The summed E-state index contributed by atoms with van der Waals surface area (Å²) in [4.78, 5) is 20.4. The Morgan fingerprint density at radius 2 is 1.48 bits per heavy atom. The lowest BCUT2D eigenvalue weighted by Crippen LogP contribution is -2.20. The molecule has 5 heteroatoms. The molecular weight excluding hydrogens is 388 g/mol. The van der Waals surface area contributed by atoms with E-state index in [4.69, 9.17) is 9.47 Å². The number of carbonyl (C=O) groups is 1. The monoisotopic (exact) mass is 418 g/mol. The average Bonchev–Trinajstić information content (AvgIpc) is 2.78. The van der Waals surface area contributed by atoms with E-state index >= 15 is 0 Å². The molecule has 0 amide bonds. The molecule has 2 atom stereocenters. The van der Waals surface area contributed by atoms with Crippen LogP contribution in [0, 0.1) is 5.41 Å². The van der Waals surface area contributed by atoms with Crippen LogP contribution >= 0.6 is 0 Å². The molecule has 0 saturated carbocycles. The molecule has 1 aromatic heterocycles. The fourth-order valence-corrected chi connectivity index (χ4v) is 3.82. The molecule has 0 spiro atoms. The molecule has 1 heterocycles. The van der Waals surface area contributed by atoms with Crippen LogP contribution in [0.25, 0.3) is 0 Å². The second-order valence-electron chi connectivity index (χ2n) is 8.60. The Morgan fingerprint density at radius 1 is 0.935 bits per heavy atom. The minimum atomic E-state index is -0.326. The number of ether oxygens (including phenoxy) is 2. The van der Waals surface area contributed by atoms with Crippen LogP contribution in [0.5, 0.6) is 5.75 Å². The van der Waals surface area contributed by atoms with E-state index in [0.29, 0.717) is 11.4 Å². The molecule has 31 heavy (non-hydrogen) atoms. The van der Waals surface area contributed by atoms with Crippen LogP contribution in [0.1, 0.15) is 73.4 Å². The van der Waals surface area contributed by atoms with Crippen molar-refractivity contribution in [1.29, 1.82) is 0 Å². The van der Waals surface area contributed by atoms with Crippen molar-refractivity contribution in [3.63, 3.8) is 0 Å². The summed E-state index contributed by atoms with van der Waals surface area (Å²) in [6.45, 7) is 8.71. The van der Waals surface area contributed by atoms with Crippen molar-refractivity contribution in [1.82, 2.24) is 9.97 Å². The highest BCUT2D eigenvalue weighted by atomic mass is 16.5. The number of benzene rings is 2. The van der Waals surface area contributed by atoms with E-state index < -0.39 is 0 Å². The second-order valence-corrected chi connectivity index (χ2v) is 8.60. The number of nitrogens with zero attached hydrogens (tertiary/aromatic N) is 2. The summed E-state index contributed by atoms with van der Waals surface area (Å²) in [5, 5.41) is 0. The standard InChI is InChI=1S/C26H30N2O3/c1-6-22(24-27-16-7-17-28-24)31-21-14-12-19(13-15-21)23(26(2,3)4)18-8-10-20(11-9-18)25(29)30-5/h7-17,22-23H,6H2,1-5H3. The molecule has 0 N–H and O–H groups in total. The number of aromatic nitrogens is 2. The molecule has 0 aliphatic rings. The van der Waals surface area contributed by atoms with Gasteiger partial charge in [0.2, 0.25) is 0 Å². The Kier molecular flexibility index (Phi) is 7.06. The summed E-state index contributed by atoms with van der Waals surface area (Å²) in [6.07, 6.45) is 4.06. The Morgan fingerprint density at radius 3 is 1.97 bits per heavy atom. The highest BCUT2D eigenvalue weighted by molar-refractivity contribution is 5.89. The molecule has 0 aliphatic heterocycles. The Labute approximate surface area is 184 Å². The second kappa shape index (κ2) is 9.73. The molecular formula is C26H30N2O3. The van der Waals surface area contributed by atoms with E-state index in [1.165, 1.54) is 12.7 Å². The zero-order valence-corrected chi connectivity index (χ0v) is 18.8. The van der Waals surface area contributed by atoms with E-state index in [9.17, 15) is 4.79 Å². The van der Waals surface area contributed by atoms with Crippen LogP contribution in [0.4, 0.5) is 0 Å². The zero-order chi connectivity index (χ0) is 22.4. The summed E-state index contributed by atoms with van der Waals surface area (Å²) < 4.78 is 11.0. The summed E-state index contributed by atoms with van der Waals surface area (Å²) in [5.41, 5.74) is 2.88. The highest BCUT2D eigenvalue weighted by Gasteiger charge is 2.28. The van der Waals surface area contributed by atoms with E-state index in [2.05, 4.69) is 49.8 Å². The number of hydrogen-bond acceptors (Lipinski definition) is 5. The van der Waals surface area contributed by atoms with E-state index in [1.54, 1.807) is 18.5 Å². The lowest BCUT2D eigenvalue weighted by Gasteiger charge is -2.32. The molecule has 0 radical (unpaired) electrons. The maximum Gasteiger partial charge on any atom is 0.337 e. The highest BCUT2D eigenvalue weighted by Crippen LogP contribution is 2.41. The first kappa shape index (κ1) is 22.5. The predicted octanol–water partition coefficient (Wildman–Crippen LogP) is 5.97. The average molecular weight is 419 g/mol. The van der Waals surface area contributed by atoms with Crippen molar-refractivity contribution in [3.05, 3.63) is 89.5 Å². The fraction of sp³-hybridized carbons (Fsp3) is 0.346. The molecule has 0 bridgehead atoms. The predicted molar refractivity (Wildman–Crippen MR) is 121 cm³/mol. The first-order valence-corrected chi connectivity index (χ1v) is 10.5. The van der Waals surface area contributed by atoms with Crippen LogP contribution in [-0.4, -0.2) is 23.0 Å². The summed E-state index contributed by atoms with van der Waals surface area (Å²) >= 11 is 0. The van der Waals surface area contributed by atoms with Gasteiger partial charge in [-0.25, -0.2) is 14.8 Å². The molecule has 2 unspecified atom stereocenters. The Hall–Kier alpha value is -3.21. The largest absolute Gasteiger partial charge is 0.482 e. The maximum absolute atomic E-state index is 11.8. The summed E-state index contributed by atoms with van der Waals surface area (Å²) in [5.74, 6) is 1.31. The zero-order valence-electron chi connectivity index (χ0n) is 18.8. The van der Waals surface area contributed by atoms with Crippen LogP contribution < -0.4 is 4.74 Å². The van der Waals surface area contributed by atoms with Gasteiger partial charge >= 0.3 is 5.97 Å². The van der Waals surface area contributed by atoms with Crippen LogP contribution in [-0.2, 0) is 4.74 Å². The minimum absolute atomic E-state index is 0.0149. The van der Waals surface area contributed by atoms with Gasteiger partial charge in [0, 0.05) is 18.3 Å². The smallest absolute Gasteiger partial charge is 0.337 e. The molecule has 0 aliphatic carbocycles. The topological polar surface area (TPSA) is 61.3 Å². The SMILES string of the molecule is CCC(Oc1ccc(C(c2ccc(C(=O)OC)cc2)C(C)(C)C)cc1)c1ncccn1. The number of esters is 1. The van der Waals surface area contributed by atoms with Crippen molar-refractivity contribution in [3.8, 4) is 5.75 Å². The first-order chi connectivity index (χ1) is 14.8. The number of carbonyl (C=O) groups excluding carboxylic acids is 1. The first-order valence-electron chi connectivity index (χ1n) is 10.5. The van der Waals surface area contributed by atoms with Gasteiger partial charge in [-0.2, -0.15) is 0 Å².